The van der Waals surface area contributed by atoms with E-state index in [1.165, 1.54) is 5.56 Å². The fourth-order valence-electron chi connectivity index (χ4n) is 2.41. The van der Waals surface area contributed by atoms with E-state index in [9.17, 15) is 4.79 Å². The van der Waals surface area contributed by atoms with Crippen LogP contribution in [-0.2, 0) is 4.74 Å². The molecule has 0 unspecified atom stereocenters. The predicted octanol–water partition coefficient (Wildman–Crippen LogP) is 3.39. The van der Waals surface area contributed by atoms with Gasteiger partial charge >= 0.3 is 5.97 Å². The third-order valence-electron chi connectivity index (χ3n) is 3.53. The molecule has 0 saturated heterocycles. The van der Waals surface area contributed by atoms with Crippen LogP contribution in [0.25, 0.3) is 0 Å². The van der Waals surface area contributed by atoms with E-state index in [2.05, 4.69) is 19.1 Å². The summed E-state index contributed by atoms with van der Waals surface area (Å²) in [5.74, 6) is -0.271. The van der Waals surface area contributed by atoms with Gasteiger partial charge in [-0.25, -0.2) is 4.79 Å². The Kier molecular flexibility index (Phi) is 3.82. The van der Waals surface area contributed by atoms with E-state index in [1.807, 2.05) is 30.3 Å². The van der Waals surface area contributed by atoms with Gasteiger partial charge in [0.15, 0.2) is 0 Å². The van der Waals surface area contributed by atoms with Gasteiger partial charge in [0.1, 0.15) is 0 Å². The molecule has 0 amide bonds. The maximum Gasteiger partial charge on any atom is 0.338 e. The molecule has 3 nitrogen and oxygen atoms in total. The molecule has 106 valence electrons. The molecule has 0 aliphatic carbocycles. The fourth-order valence-corrected chi connectivity index (χ4v) is 2.41. The molecule has 2 aromatic rings. The van der Waals surface area contributed by atoms with Crippen molar-refractivity contribution < 1.29 is 9.53 Å². The maximum absolute atomic E-state index is 12.2. The first-order valence-electron chi connectivity index (χ1n) is 7.14. The van der Waals surface area contributed by atoms with E-state index < -0.39 is 0 Å². The summed E-state index contributed by atoms with van der Waals surface area (Å²) < 4.78 is 5.28. The van der Waals surface area contributed by atoms with Crippen molar-refractivity contribution >= 4 is 11.7 Å². The van der Waals surface area contributed by atoms with E-state index in [0.29, 0.717) is 18.7 Å². The molecule has 0 N–H and O–H groups in total. The number of hydrogen-bond donors (Lipinski definition) is 0. The highest BCUT2D eigenvalue weighted by atomic mass is 16.5. The number of fused-ring (bicyclic) bond motifs is 1. The summed E-state index contributed by atoms with van der Waals surface area (Å²) in [7, 11) is 0. The molecule has 0 spiro atoms. The third-order valence-corrected chi connectivity index (χ3v) is 3.53. The van der Waals surface area contributed by atoms with Crippen molar-refractivity contribution in [1.82, 2.24) is 0 Å². The summed E-state index contributed by atoms with van der Waals surface area (Å²) in [4.78, 5) is 16.9. The van der Waals surface area contributed by atoms with E-state index >= 15 is 0 Å². The number of carbonyl (C=O) groups is 1. The van der Waals surface area contributed by atoms with Crippen molar-refractivity contribution in [3.8, 4) is 0 Å². The van der Waals surface area contributed by atoms with Crippen LogP contribution in [0, 0.1) is 6.92 Å². The van der Waals surface area contributed by atoms with Crippen molar-refractivity contribution in [2.45, 2.75) is 13.3 Å². The number of rotatable bonds is 1. The lowest BCUT2D eigenvalue weighted by Crippen LogP contribution is -2.12. The lowest BCUT2D eigenvalue weighted by atomic mass is 9.97. The summed E-state index contributed by atoms with van der Waals surface area (Å²) in [6.45, 7) is 3.13. The highest BCUT2D eigenvalue weighted by Gasteiger charge is 2.18. The summed E-state index contributed by atoms with van der Waals surface area (Å²) in [6, 6.07) is 15.7. The molecule has 1 heterocycles. The zero-order valence-corrected chi connectivity index (χ0v) is 12.0. The molecule has 0 radical (unpaired) electrons. The molecule has 0 aromatic heterocycles. The number of carbonyl (C=O) groups excluding carboxylic acids is 1. The number of aliphatic imine (C=N–C) groups is 1. The van der Waals surface area contributed by atoms with Gasteiger partial charge in [-0.1, -0.05) is 48.0 Å². The van der Waals surface area contributed by atoms with Crippen LogP contribution in [0.4, 0.5) is 0 Å². The van der Waals surface area contributed by atoms with E-state index in [4.69, 9.17) is 9.73 Å². The Balaban J connectivity index is 2.14. The van der Waals surface area contributed by atoms with Gasteiger partial charge in [0.05, 0.1) is 17.9 Å². The topological polar surface area (TPSA) is 38.7 Å². The molecular formula is C18H17NO2. The molecule has 3 rings (SSSR count). The summed E-state index contributed by atoms with van der Waals surface area (Å²) in [6.07, 6.45) is 0.745. The zero-order valence-electron chi connectivity index (χ0n) is 12.0. The van der Waals surface area contributed by atoms with Crippen molar-refractivity contribution in [3.05, 3.63) is 70.8 Å². The van der Waals surface area contributed by atoms with Crippen molar-refractivity contribution in [2.24, 2.45) is 4.99 Å². The molecule has 1 aliphatic rings. The SMILES string of the molecule is Cc1ccc(C2=NCCCOC(=O)c3ccccc32)cc1. The summed E-state index contributed by atoms with van der Waals surface area (Å²) >= 11 is 0. The number of hydrogen-bond acceptors (Lipinski definition) is 3. The highest BCUT2D eigenvalue weighted by Crippen LogP contribution is 2.19. The molecular weight excluding hydrogens is 262 g/mol. The molecule has 0 atom stereocenters. The summed E-state index contributed by atoms with van der Waals surface area (Å²) in [5.41, 5.74) is 4.52. The minimum Gasteiger partial charge on any atom is -0.462 e. The largest absolute Gasteiger partial charge is 0.462 e. The van der Waals surface area contributed by atoms with Gasteiger partial charge in [-0.3, -0.25) is 4.99 Å². The lowest BCUT2D eigenvalue weighted by Gasteiger charge is -2.11. The van der Waals surface area contributed by atoms with Gasteiger partial charge in [-0.2, -0.15) is 0 Å². The smallest absolute Gasteiger partial charge is 0.338 e. The predicted molar refractivity (Wildman–Crippen MR) is 83.0 cm³/mol. The number of nitrogens with zero attached hydrogens (tertiary/aromatic N) is 1. The molecule has 1 aliphatic heterocycles. The lowest BCUT2D eigenvalue weighted by molar-refractivity contribution is 0.0504. The molecule has 0 fully saturated rings. The normalized spacial score (nSPS) is 15.1. The fraction of sp³-hybridized carbons (Fsp3) is 0.222. The van der Waals surface area contributed by atoms with Crippen molar-refractivity contribution in [3.63, 3.8) is 0 Å². The third kappa shape index (κ3) is 2.87. The van der Waals surface area contributed by atoms with Crippen LogP contribution < -0.4 is 0 Å². The van der Waals surface area contributed by atoms with E-state index in [-0.39, 0.29) is 5.97 Å². The van der Waals surface area contributed by atoms with Crippen LogP contribution in [0.5, 0.6) is 0 Å². The Morgan fingerprint density at radius 1 is 1.00 bits per heavy atom. The Bertz CT molecular complexity index is 687. The summed E-state index contributed by atoms with van der Waals surface area (Å²) in [5, 5.41) is 0. The second-order valence-electron chi connectivity index (χ2n) is 5.13. The number of aryl methyl sites for hydroxylation is 1. The quantitative estimate of drug-likeness (QED) is 0.750. The first kappa shape index (κ1) is 13.6. The van der Waals surface area contributed by atoms with Crippen LogP contribution in [0.3, 0.4) is 0 Å². The average Bonchev–Trinajstić information content (AvgIpc) is 2.59. The second kappa shape index (κ2) is 5.92. The number of benzene rings is 2. The Hall–Kier alpha value is -2.42. The molecule has 3 heteroatoms. The van der Waals surface area contributed by atoms with Crippen LogP contribution in [0.2, 0.25) is 0 Å². The molecule has 0 saturated carbocycles. The van der Waals surface area contributed by atoms with E-state index in [0.717, 1.165) is 23.3 Å². The van der Waals surface area contributed by atoms with Gasteiger partial charge in [0.2, 0.25) is 0 Å². The Morgan fingerprint density at radius 2 is 1.71 bits per heavy atom. The zero-order chi connectivity index (χ0) is 14.7. The van der Waals surface area contributed by atoms with E-state index in [1.54, 1.807) is 6.07 Å². The average molecular weight is 279 g/mol. The molecule has 21 heavy (non-hydrogen) atoms. The standard InChI is InChI=1S/C18H17NO2/c1-13-7-9-14(10-8-13)17-15-5-2-3-6-16(15)18(20)21-12-4-11-19-17/h2-3,5-10H,4,11-12H2,1H3. The van der Waals surface area contributed by atoms with Crippen LogP contribution in [0.15, 0.2) is 53.5 Å². The minimum atomic E-state index is -0.271. The van der Waals surface area contributed by atoms with Crippen LogP contribution >= 0.6 is 0 Å². The minimum absolute atomic E-state index is 0.271. The van der Waals surface area contributed by atoms with Gasteiger partial charge in [-0.05, 0) is 13.0 Å². The van der Waals surface area contributed by atoms with Gasteiger partial charge < -0.3 is 4.74 Å². The maximum atomic E-state index is 12.2. The first-order valence-corrected chi connectivity index (χ1v) is 7.14. The number of ether oxygens (including phenoxy) is 1. The Morgan fingerprint density at radius 3 is 2.48 bits per heavy atom. The molecule has 2 aromatic carbocycles. The van der Waals surface area contributed by atoms with Crippen molar-refractivity contribution in [1.29, 1.82) is 0 Å². The number of esters is 1. The van der Waals surface area contributed by atoms with Gasteiger partial charge in [0, 0.05) is 24.1 Å². The monoisotopic (exact) mass is 279 g/mol. The van der Waals surface area contributed by atoms with Crippen LogP contribution in [0.1, 0.15) is 33.5 Å². The van der Waals surface area contributed by atoms with Crippen LogP contribution in [-0.4, -0.2) is 24.8 Å². The first-order chi connectivity index (χ1) is 10.3. The van der Waals surface area contributed by atoms with Gasteiger partial charge in [-0.15, -0.1) is 0 Å². The van der Waals surface area contributed by atoms with Gasteiger partial charge in [0.25, 0.3) is 0 Å². The molecule has 0 bridgehead atoms. The Labute approximate surface area is 124 Å². The highest BCUT2D eigenvalue weighted by molar-refractivity contribution is 6.17. The number of cyclic esters (lactones) is 1. The van der Waals surface area contributed by atoms with Crippen molar-refractivity contribution in [2.75, 3.05) is 13.2 Å². The second-order valence-corrected chi connectivity index (χ2v) is 5.13.